The van der Waals surface area contributed by atoms with Gasteiger partial charge in [-0.15, -0.1) is 10.2 Å². The summed E-state index contributed by atoms with van der Waals surface area (Å²) in [4.78, 5) is 27.0. The molecule has 4 rings (SSSR count). The van der Waals surface area contributed by atoms with Crippen LogP contribution in [0.3, 0.4) is 0 Å². The van der Waals surface area contributed by atoms with Crippen molar-refractivity contribution in [2.24, 2.45) is 0 Å². The van der Waals surface area contributed by atoms with Crippen molar-refractivity contribution in [1.82, 2.24) is 15.1 Å². The van der Waals surface area contributed by atoms with E-state index in [-0.39, 0.29) is 22.9 Å². The molecule has 1 saturated heterocycles. The van der Waals surface area contributed by atoms with E-state index in [1.54, 1.807) is 29.2 Å². The number of amides is 3. The van der Waals surface area contributed by atoms with E-state index in [1.165, 1.54) is 24.3 Å². The van der Waals surface area contributed by atoms with E-state index in [0.717, 1.165) is 29.9 Å². The van der Waals surface area contributed by atoms with Crippen LogP contribution in [0.15, 0.2) is 48.5 Å². The number of hydrogen-bond donors (Lipinski definition) is 2. The van der Waals surface area contributed by atoms with Crippen molar-refractivity contribution < 1.29 is 18.7 Å². The zero-order valence-electron chi connectivity index (χ0n) is 17.4. The molecule has 166 valence electrons. The van der Waals surface area contributed by atoms with Crippen LogP contribution in [0.25, 0.3) is 0 Å². The fourth-order valence-electron chi connectivity index (χ4n) is 3.44. The van der Waals surface area contributed by atoms with E-state index in [4.69, 9.17) is 4.74 Å². The van der Waals surface area contributed by atoms with Crippen molar-refractivity contribution in [1.29, 1.82) is 0 Å². The highest BCUT2D eigenvalue weighted by molar-refractivity contribution is 7.13. The number of carbonyl (C=O) groups is 2. The molecule has 0 unspecified atom stereocenters. The summed E-state index contributed by atoms with van der Waals surface area (Å²) >= 11 is 1.15. The number of nitrogens with one attached hydrogen (secondary N) is 2. The van der Waals surface area contributed by atoms with Gasteiger partial charge in [-0.2, -0.15) is 0 Å². The van der Waals surface area contributed by atoms with E-state index in [0.29, 0.717) is 29.5 Å². The van der Waals surface area contributed by atoms with E-state index in [9.17, 15) is 14.0 Å². The number of benzene rings is 2. The summed E-state index contributed by atoms with van der Waals surface area (Å²) < 4.78 is 18.5. The number of likely N-dealkylation sites (tertiary alicyclic amines) is 1. The fourth-order valence-corrected chi connectivity index (χ4v) is 4.33. The summed E-state index contributed by atoms with van der Waals surface area (Å²) in [6, 6.07) is 12.2. The largest absolute Gasteiger partial charge is 0.494 e. The van der Waals surface area contributed by atoms with Crippen molar-refractivity contribution in [3.63, 3.8) is 0 Å². The van der Waals surface area contributed by atoms with Gasteiger partial charge in [0.25, 0.3) is 5.91 Å². The lowest BCUT2D eigenvalue weighted by atomic mass is 10.2. The maximum Gasteiger partial charge on any atom is 0.322 e. The van der Waals surface area contributed by atoms with Gasteiger partial charge in [-0.25, -0.2) is 9.18 Å². The first kappa shape index (κ1) is 21.7. The lowest BCUT2D eigenvalue weighted by Gasteiger charge is -2.23. The molecule has 0 saturated carbocycles. The third-order valence-electron chi connectivity index (χ3n) is 4.95. The van der Waals surface area contributed by atoms with E-state index in [2.05, 4.69) is 20.8 Å². The van der Waals surface area contributed by atoms with E-state index in [1.807, 2.05) is 6.92 Å². The maximum absolute atomic E-state index is 13.0. The molecule has 2 aromatic carbocycles. The van der Waals surface area contributed by atoms with Crippen LogP contribution in [0, 0.1) is 5.82 Å². The van der Waals surface area contributed by atoms with Gasteiger partial charge in [0.1, 0.15) is 16.6 Å². The molecule has 1 aliphatic rings. The summed E-state index contributed by atoms with van der Waals surface area (Å²) in [6.07, 6.45) is 1.57. The molecule has 10 heteroatoms. The van der Waals surface area contributed by atoms with Gasteiger partial charge in [-0.1, -0.05) is 11.3 Å². The Labute approximate surface area is 188 Å². The van der Waals surface area contributed by atoms with Crippen LogP contribution in [0.5, 0.6) is 5.75 Å². The molecule has 1 fully saturated rings. The molecule has 0 radical (unpaired) electrons. The number of nitrogens with zero attached hydrogens (tertiary/aromatic N) is 3. The number of urea groups is 1. The van der Waals surface area contributed by atoms with Crippen LogP contribution in [0.1, 0.15) is 40.6 Å². The zero-order chi connectivity index (χ0) is 22.5. The summed E-state index contributed by atoms with van der Waals surface area (Å²) in [5, 5.41) is 14.5. The molecule has 1 atom stereocenters. The lowest BCUT2D eigenvalue weighted by molar-refractivity contribution is 0.102. The molecule has 3 aromatic rings. The Morgan fingerprint density at radius 3 is 2.50 bits per heavy atom. The Hall–Kier alpha value is -3.53. The average Bonchev–Trinajstić information content (AvgIpc) is 3.46. The van der Waals surface area contributed by atoms with Crippen LogP contribution in [-0.2, 0) is 0 Å². The molecular weight excluding hydrogens is 433 g/mol. The number of ether oxygens (including phenoxy) is 1. The predicted octanol–water partition coefficient (Wildman–Crippen LogP) is 4.70. The Morgan fingerprint density at radius 1 is 1.09 bits per heavy atom. The highest BCUT2D eigenvalue weighted by Gasteiger charge is 2.33. The molecule has 1 aromatic heterocycles. The van der Waals surface area contributed by atoms with Crippen molar-refractivity contribution in [3.05, 3.63) is 64.4 Å². The number of rotatable bonds is 6. The Bertz CT molecular complexity index is 1090. The van der Waals surface area contributed by atoms with Crippen molar-refractivity contribution in [2.75, 3.05) is 23.8 Å². The van der Waals surface area contributed by atoms with E-state index < -0.39 is 5.91 Å². The van der Waals surface area contributed by atoms with Gasteiger partial charge < -0.3 is 20.3 Å². The Balaban J connectivity index is 1.40. The van der Waals surface area contributed by atoms with Gasteiger partial charge in [0.05, 0.1) is 12.6 Å². The number of aromatic nitrogens is 2. The monoisotopic (exact) mass is 455 g/mol. The number of anilines is 2. The van der Waals surface area contributed by atoms with Crippen molar-refractivity contribution >= 4 is 34.6 Å². The van der Waals surface area contributed by atoms with Crippen LogP contribution in [0.4, 0.5) is 20.6 Å². The van der Waals surface area contributed by atoms with Crippen LogP contribution >= 0.6 is 11.3 Å². The summed E-state index contributed by atoms with van der Waals surface area (Å²) in [6.45, 7) is 3.08. The highest BCUT2D eigenvalue weighted by atomic mass is 32.1. The first-order valence-electron chi connectivity index (χ1n) is 10.2. The van der Waals surface area contributed by atoms with Gasteiger partial charge in [-0.05, 0) is 68.3 Å². The second-order valence-corrected chi connectivity index (χ2v) is 8.15. The fraction of sp³-hybridized carbons (Fsp3) is 0.273. The second-order valence-electron chi connectivity index (χ2n) is 7.15. The highest BCUT2D eigenvalue weighted by Crippen LogP contribution is 2.34. The summed E-state index contributed by atoms with van der Waals surface area (Å²) in [7, 11) is 0. The maximum atomic E-state index is 13.0. The number of halogens is 1. The number of carbonyl (C=O) groups excluding carboxylic acids is 2. The predicted molar refractivity (Wildman–Crippen MR) is 120 cm³/mol. The van der Waals surface area contributed by atoms with Crippen LogP contribution in [-0.4, -0.2) is 40.2 Å². The second kappa shape index (κ2) is 9.73. The molecule has 8 nitrogen and oxygen atoms in total. The SMILES string of the molecule is CCOc1ccc(NC(=O)N2CCC[C@H]2c2nnc(C(=O)Nc3ccc(F)cc3)s2)cc1. The first-order chi connectivity index (χ1) is 15.5. The van der Waals surface area contributed by atoms with Crippen molar-refractivity contribution in [3.8, 4) is 5.75 Å². The van der Waals surface area contributed by atoms with E-state index >= 15 is 0 Å². The summed E-state index contributed by atoms with van der Waals surface area (Å²) in [5.41, 5.74) is 1.13. The average molecular weight is 456 g/mol. The minimum absolute atomic E-state index is 0.183. The Morgan fingerprint density at radius 2 is 1.78 bits per heavy atom. The lowest BCUT2D eigenvalue weighted by Crippen LogP contribution is -2.34. The molecule has 32 heavy (non-hydrogen) atoms. The Kier molecular flexibility index (Phi) is 6.60. The minimum atomic E-state index is -0.427. The standard InChI is InChI=1S/C22H22FN5O3S/c1-2-31-17-11-9-16(10-12-17)25-22(30)28-13-3-4-18(28)20-26-27-21(32-20)19(29)24-15-7-5-14(23)6-8-15/h5-12,18H,2-4,13H2,1H3,(H,24,29)(H,25,30)/t18-/m0/s1. The first-order valence-corrected chi connectivity index (χ1v) is 11.1. The number of hydrogen-bond acceptors (Lipinski definition) is 6. The molecular formula is C22H22FN5O3S. The van der Waals surface area contributed by atoms with Gasteiger partial charge in [0, 0.05) is 17.9 Å². The van der Waals surface area contributed by atoms with Gasteiger partial charge >= 0.3 is 6.03 Å². The molecule has 1 aliphatic heterocycles. The third-order valence-corrected chi connectivity index (χ3v) is 5.98. The molecule has 2 heterocycles. The molecule has 2 N–H and O–H groups in total. The quantitative estimate of drug-likeness (QED) is 0.562. The normalized spacial score (nSPS) is 15.4. The molecule has 0 spiro atoms. The van der Waals surface area contributed by atoms with Crippen LogP contribution in [0.2, 0.25) is 0 Å². The van der Waals surface area contributed by atoms with Gasteiger partial charge in [0.2, 0.25) is 5.01 Å². The third kappa shape index (κ3) is 5.02. The van der Waals surface area contributed by atoms with Crippen LogP contribution < -0.4 is 15.4 Å². The topological polar surface area (TPSA) is 96.4 Å². The molecule has 3 amide bonds. The smallest absolute Gasteiger partial charge is 0.322 e. The summed E-state index contributed by atoms with van der Waals surface area (Å²) in [5.74, 6) is -0.0698. The van der Waals surface area contributed by atoms with Crippen molar-refractivity contribution in [2.45, 2.75) is 25.8 Å². The molecule has 0 bridgehead atoms. The molecule has 0 aliphatic carbocycles. The van der Waals surface area contributed by atoms with Gasteiger partial charge in [-0.3, -0.25) is 4.79 Å². The minimum Gasteiger partial charge on any atom is -0.494 e. The van der Waals surface area contributed by atoms with Gasteiger partial charge in [0.15, 0.2) is 0 Å². The zero-order valence-corrected chi connectivity index (χ0v) is 18.2.